The van der Waals surface area contributed by atoms with Crippen molar-refractivity contribution < 1.29 is 9.26 Å². The summed E-state index contributed by atoms with van der Waals surface area (Å²) in [4.78, 5) is 9.53. The highest BCUT2D eigenvalue weighted by Gasteiger charge is 2.34. The Hall–Kier alpha value is -2.64. The fourth-order valence-corrected chi connectivity index (χ4v) is 5.00. The van der Waals surface area contributed by atoms with E-state index >= 15 is 0 Å². The van der Waals surface area contributed by atoms with Crippen molar-refractivity contribution in [2.75, 3.05) is 37.7 Å². The molecular weight excluding hydrogens is 414 g/mol. The zero-order valence-electron chi connectivity index (χ0n) is 19.7. The van der Waals surface area contributed by atoms with Gasteiger partial charge in [-0.1, -0.05) is 23.4 Å². The van der Waals surface area contributed by atoms with Crippen LogP contribution in [0.4, 0.5) is 5.82 Å². The van der Waals surface area contributed by atoms with Gasteiger partial charge in [-0.15, -0.1) is 0 Å². The molecule has 2 fully saturated rings. The number of para-hydroxylation sites is 1. The van der Waals surface area contributed by atoms with Crippen molar-refractivity contribution in [2.24, 2.45) is 11.7 Å². The molecule has 4 heterocycles. The lowest BCUT2D eigenvalue weighted by Crippen LogP contribution is -2.57. The van der Waals surface area contributed by atoms with Crippen molar-refractivity contribution in [3.63, 3.8) is 0 Å². The largest absolute Gasteiger partial charge is 0.477 e. The molecule has 7 nitrogen and oxygen atoms in total. The van der Waals surface area contributed by atoms with E-state index in [1.807, 2.05) is 30.5 Å². The number of aromatic nitrogens is 2. The minimum atomic E-state index is -0.150. The van der Waals surface area contributed by atoms with Gasteiger partial charge in [-0.3, -0.25) is 4.90 Å². The molecule has 2 N–H and O–H groups in total. The van der Waals surface area contributed by atoms with Crippen LogP contribution in [0.15, 0.2) is 47.1 Å². The van der Waals surface area contributed by atoms with Gasteiger partial charge in [0, 0.05) is 55.9 Å². The number of fused-ring (bicyclic) bond motifs is 2. The molecular formula is C26H35N5O2. The monoisotopic (exact) mass is 449 g/mol. The SMILES string of the molecule is CC(C)(N)CCc1ccc(OCC2CCC3CN(c4noc5ccccc45)CCN3C2)nc1. The molecule has 0 bridgehead atoms. The van der Waals surface area contributed by atoms with Crippen LogP contribution in [0.5, 0.6) is 5.88 Å². The number of nitrogens with zero attached hydrogens (tertiary/aromatic N) is 4. The van der Waals surface area contributed by atoms with Crippen molar-refractivity contribution >= 4 is 16.8 Å². The van der Waals surface area contributed by atoms with Gasteiger partial charge >= 0.3 is 0 Å². The number of hydrogen-bond acceptors (Lipinski definition) is 7. The van der Waals surface area contributed by atoms with Gasteiger partial charge in [0.05, 0.1) is 12.0 Å². The van der Waals surface area contributed by atoms with Crippen LogP contribution in [0.25, 0.3) is 11.0 Å². The van der Waals surface area contributed by atoms with E-state index < -0.39 is 0 Å². The zero-order valence-corrected chi connectivity index (χ0v) is 19.7. The molecule has 0 radical (unpaired) electrons. The van der Waals surface area contributed by atoms with Crippen molar-refractivity contribution in [3.05, 3.63) is 48.2 Å². The quantitative estimate of drug-likeness (QED) is 0.586. The standard InChI is InChI=1S/C26H35N5O2/c1-26(2,27)12-11-19-8-10-24(28-15-19)32-18-20-7-9-21-17-31(14-13-30(21)16-20)25-22-5-3-4-6-23(22)33-29-25/h3-6,8,10,15,20-21H,7,9,11-14,16-18,27H2,1-2H3. The summed E-state index contributed by atoms with van der Waals surface area (Å²) in [5.74, 6) is 2.25. The number of nitrogens with two attached hydrogens (primary N) is 1. The second kappa shape index (κ2) is 9.31. The molecule has 2 aromatic heterocycles. The average molecular weight is 450 g/mol. The van der Waals surface area contributed by atoms with Crippen molar-refractivity contribution in [3.8, 4) is 5.88 Å². The average Bonchev–Trinajstić information content (AvgIpc) is 3.25. The third-order valence-corrected chi connectivity index (χ3v) is 6.99. The maximum Gasteiger partial charge on any atom is 0.213 e. The van der Waals surface area contributed by atoms with E-state index in [9.17, 15) is 0 Å². The van der Waals surface area contributed by atoms with E-state index in [0.29, 0.717) is 12.0 Å². The first-order chi connectivity index (χ1) is 15.9. The lowest BCUT2D eigenvalue weighted by atomic mass is 9.91. The normalized spacial score (nSPS) is 21.8. The highest BCUT2D eigenvalue weighted by molar-refractivity contribution is 5.88. The summed E-state index contributed by atoms with van der Waals surface area (Å²) in [6.07, 6.45) is 6.17. The Bertz CT molecular complexity index is 1060. The number of ether oxygens (including phenoxy) is 1. The number of rotatable bonds is 7. The van der Waals surface area contributed by atoms with Crippen LogP contribution >= 0.6 is 0 Å². The van der Waals surface area contributed by atoms with E-state index in [4.69, 9.17) is 15.0 Å². The molecule has 3 aromatic rings. The smallest absolute Gasteiger partial charge is 0.213 e. The Balaban J connectivity index is 1.11. The van der Waals surface area contributed by atoms with Gasteiger partial charge in [-0.25, -0.2) is 4.98 Å². The van der Waals surface area contributed by atoms with Crippen LogP contribution in [0, 0.1) is 5.92 Å². The number of piperidine rings is 1. The molecule has 2 unspecified atom stereocenters. The first-order valence-corrected chi connectivity index (χ1v) is 12.1. The molecule has 2 aliphatic rings. The number of pyridine rings is 1. The Morgan fingerprint density at radius 3 is 2.82 bits per heavy atom. The van der Waals surface area contributed by atoms with Gasteiger partial charge in [-0.05, 0) is 57.2 Å². The molecule has 0 spiro atoms. The third-order valence-electron chi connectivity index (χ3n) is 6.99. The summed E-state index contributed by atoms with van der Waals surface area (Å²) in [6, 6.07) is 12.8. The topological polar surface area (TPSA) is 80.7 Å². The molecule has 1 aromatic carbocycles. The lowest BCUT2D eigenvalue weighted by Gasteiger charge is -2.46. The van der Waals surface area contributed by atoms with Gasteiger partial charge in [0.2, 0.25) is 5.88 Å². The van der Waals surface area contributed by atoms with Gasteiger partial charge < -0.3 is 19.9 Å². The first-order valence-electron chi connectivity index (χ1n) is 12.1. The molecule has 176 valence electrons. The maximum atomic E-state index is 6.09. The van der Waals surface area contributed by atoms with Gasteiger partial charge in [0.1, 0.15) is 0 Å². The first kappa shape index (κ1) is 22.2. The Morgan fingerprint density at radius 1 is 1.12 bits per heavy atom. The number of aryl methyl sites for hydroxylation is 1. The van der Waals surface area contributed by atoms with Gasteiger partial charge in [-0.2, -0.15) is 0 Å². The molecule has 0 aliphatic carbocycles. The van der Waals surface area contributed by atoms with Crippen LogP contribution in [0.3, 0.4) is 0 Å². The maximum absolute atomic E-state index is 6.09. The Kier molecular flexibility index (Phi) is 6.25. The van der Waals surface area contributed by atoms with E-state index in [1.165, 1.54) is 18.4 Å². The minimum absolute atomic E-state index is 0.150. The van der Waals surface area contributed by atoms with E-state index in [0.717, 1.165) is 68.3 Å². The second-order valence-electron chi connectivity index (χ2n) is 10.3. The Morgan fingerprint density at radius 2 is 2.00 bits per heavy atom. The van der Waals surface area contributed by atoms with E-state index in [-0.39, 0.29) is 5.54 Å². The molecule has 5 rings (SSSR count). The highest BCUT2D eigenvalue weighted by atomic mass is 16.5. The van der Waals surface area contributed by atoms with Crippen molar-refractivity contribution in [2.45, 2.75) is 51.1 Å². The highest BCUT2D eigenvalue weighted by Crippen LogP contribution is 2.31. The predicted octanol–water partition coefficient (Wildman–Crippen LogP) is 3.87. The molecule has 2 saturated heterocycles. The molecule has 2 aliphatic heterocycles. The lowest BCUT2D eigenvalue weighted by molar-refractivity contribution is 0.0717. The van der Waals surface area contributed by atoms with E-state index in [1.54, 1.807) is 0 Å². The van der Waals surface area contributed by atoms with E-state index in [2.05, 4.69) is 45.9 Å². The van der Waals surface area contributed by atoms with Crippen LogP contribution < -0.4 is 15.4 Å². The number of piperazine rings is 1. The Labute approximate surface area is 195 Å². The second-order valence-corrected chi connectivity index (χ2v) is 10.3. The molecule has 2 atom stereocenters. The number of anilines is 1. The summed E-state index contributed by atoms with van der Waals surface area (Å²) in [7, 11) is 0. The summed E-state index contributed by atoms with van der Waals surface area (Å²) in [6.45, 7) is 8.96. The van der Waals surface area contributed by atoms with Crippen LogP contribution in [0.1, 0.15) is 38.7 Å². The number of benzene rings is 1. The molecule has 33 heavy (non-hydrogen) atoms. The predicted molar refractivity (Wildman–Crippen MR) is 131 cm³/mol. The van der Waals surface area contributed by atoms with Crippen LogP contribution in [-0.4, -0.2) is 59.4 Å². The summed E-state index contributed by atoms with van der Waals surface area (Å²) >= 11 is 0. The van der Waals surface area contributed by atoms with Gasteiger partial charge in [0.25, 0.3) is 0 Å². The fourth-order valence-electron chi connectivity index (χ4n) is 5.00. The summed E-state index contributed by atoms with van der Waals surface area (Å²) < 4.78 is 11.6. The minimum Gasteiger partial charge on any atom is -0.477 e. The summed E-state index contributed by atoms with van der Waals surface area (Å²) in [5, 5.41) is 5.47. The van der Waals surface area contributed by atoms with Crippen LogP contribution in [-0.2, 0) is 6.42 Å². The number of hydrogen-bond donors (Lipinski definition) is 1. The molecule has 0 amide bonds. The van der Waals surface area contributed by atoms with Crippen molar-refractivity contribution in [1.29, 1.82) is 0 Å². The molecule has 7 heteroatoms. The third kappa shape index (κ3) is 5.31. The van der Waals surface area contributed by atoms with Gasteiger partial charge in [0.15, 0.2) is 11.4 Å². The fraction of sp³-hybridized carbons (Fsp3) is 0.538. The molecule has 0 saturated carbocycles. The zero-order chi connectivity index (χ0) is 22.8. The van der Waals surface area contributed by atoms with Crippen LogP contribution in [0.2, 0.25) is 0 Å². The van der Waals surface area contributed by atoms with Crippen molar-refractivity contribution in [1.82, 2.24) is 15.0 Å². The summed E-state index contributed by atoms with van der Waals surface area (Å²) in [5.41, 5.74) is 8.00.